The van der Waals surface area contributed by atoms with Crippen LogP contribution in [0, 0.1) is 11.8 Å². The van der Waals surface area contributed by atoms with Gasteiger partial charge in [-0.2, -0.15) is 0 Å². The lowest BCUT2D eigenvalue weighted by Crippen LogP contribution is -2.28. The standard InChI is InChI=1S/C16H29NO/c1-6-9-17-16(13(5)11-12(3)4)14-8-10-18-15(14)7-2/h8,10,12-13,16-17H,6-7,9,11H2,1-5H3. The molecular weight excluding hydrogens is 222 g/mol. The molecule has 2 nitrogen and oxygen atoms in total. The predicted molar refractivity (Wildman–Crippen MR) is 77.7 cm³/mol. The third kappa shape index (κ3) is 4.16. The van der Waals surface area contributed by atoms with Crippen LogP contribution in [-0.4, -0.2) is 6.54 Å². The van der Waals surface area contributed by atoms with E-state index >= 15 is 0 Å². The molecular formula is C16H29NO. The Kier molecular flexibility index (Phi) is 6.48. The van der Waals surface area contributed by atoms with Gasteiger partial charge in [-0.15, -0.1) is 0 Å². The normalized spacial score (nSPS) is 15.0. The topological polar surface area (TPSA) is 25.2 Å². The van der Waals surface area contributed by atoms with E-state index in [0.717, 1.165) is 24.6 Å². The molecule has 2 atom stereocenters. The van der Waals surface area contributed by atoms with Crippen molar-refractivity contribution in [1.82, 2.24) is 5.32 Å². The van der Waals surface area contributed by atoms with Crippen molar-refractivity contribution in [2.75, 3.05) is 6.54 Å². The van der Waals surface area contributed by atoms with E-state index in [1.165, 1.54) is 18.4 Å². The summed E-state index contributed by atoms with van der Waals surface area (Å²) in [5, 5.41) is 3.69. The number of furan rings is 1. The van der Waals surface area contributed by atoms with E-state index in [4.69, 9.17) is 4.42 Å². The number of rotatable bonds is 8. The highest BCUT2D eigenvalue weighted by atomic mass is 16.3. The molecule has 0 amide bonds. The molecule has 0 bridgehead atoms. The van der Waals surface area contributed by atoms with Crippen LogP contribution in [0.3, 0.4) is 0 Å². The second-order valence-electron chi connectivity index (χ2n) is 5.69. The predicted octanol–water partition coefficient (Wildman–Crippen LogP) is 4.56. The Morgan fingerprint density at radius 3 is 2.50 bits per heavy atom. The molecule has 0 saturated heterocycles. The minimum Gasteiger partial charge on any atom is -0.469 e. The molecule has 1 aromatic rings. The van der Waals surface area contributed by atoms with Crippen molar-refractivity contribution in [2.45, 2.75) is 59.9 Å². The number of nitrogens with one attached hydrogen (secondary N) is 1. The molecule has 18 heavy (non-hydrogen) atoms. The summed E-state index contributed by atoms with van der Waals surface area (Å²) in [5.41, 5.74) is 1.36. The van der Waals surface area contributed by atoms with Crippen molar-refractivity contribution in [3.05, 3.63) is 23.7 Å². The van der Waals surface area contributed by atoms with Gasteiger partial charge in [-0.05, 0) is 37.3 Å². The van der Waals surface area contributed by atoms with Crippen molar-refractivity contribution in [3.63, 3.8) is 0 Å². The maximum Gasteiger partial charge on any atom is 0.108 e. The molecule has 0 aliphatic carbocycles. The summed E-state index contributed by atoms with van der Waals surface area (Å²) in [6.07, 6.45) is 5.22. The quantitative estimate of drug-likeness (QED) is 0.732. The molecule has 104 valence electrons. The van der Waals surface area contributed by atoms with Crippen molar-refractivity contribution in [2.24, 2.45) is 11.8 Å². The maximum atomic E-state index is 5.59. The third-order valence-corrected chi connectivity index (χ3v) is 3.46. The SMILES string of the molecule is CCCNC(c1ccoc1CC)C(C)CC(C)C. The average Bonchev–Trinajstić information content (AvgIpc) is 2.76. The van der Waals surface area contributed by atoms with E-state index in [2.05, 4.69) is 46.0 Å². The Morgan fingerprint density at radius 2 is 1.94 bits per heavy atom. The van der Waals surface area contributed by atoms with Gasteiger partial charge in [0.2, 0.25) is 0 Å². The molecule has 0 radical (unpaired) electrons. The maximum absolute atomic E-state index is 5.59. The average molecular weight is 251 g/mol. The Hall–Kier alpha value is -0.760. The minimum absolute atomic E-state index is 0.432. The van der Waals surface area contributed by atoms with Crippen molar-refractivity contribution < 1.29 is 4.42 Å². The number of hydrogen-bond donors (Lipinski definition) is 1. The summed E-state index contributed by atoms with van der Waals surface area (Å²) < 4.78 is 5.59. The van der Waals surface area contributed by atoms with Crippen LogP contribution in [0.4, 0.5) is 0 Å². The van der Waals surface area contributed by atoms with Gasteiger partial charge < -0.3 is 9.73 Å². The molecule has 0 aliphatic heterocycles. The first-order valence-corrected chi connectivity index (χ1v) is 7.39. The first kappa shape index (κ1) is 15.3. The molecule has 1 rings (SSSR count). The second kappa shape index (κ2) is 7.63. The summed E-state index contributed by atoms with van der Waals surface area (Å²) in [6.45, 7) is 12.4. The molecule has 0 fully saturated rings. The fraction of sp³-hybridized carbons (Fsp3) is 0.750. The first-order valence-electron chi connectivity index (χ1n) is 7.39. The molecule has 0 spiro atoms. The largest absolute Gasteiger partial charge is 0.469 e. The van der Waals surface area contributed by atoms with Crippen LogP contribution in [0.1, 0.15) is 64.8 Å². The van der Waals surface area contributed by atoms with Gasteiger partial charge in [-0.3, -0.25) is 0 Å². The number of hydrogen-bond acceptors (Lipinski definition) is 2. The van der Waals surface area contributed by atoms with Crippen LogP contribution < -0.4 is 5.32 Å². The van der Waals surface area contributed by atoms with E-state index in [1.807, 2.05) is 6.26 Å². The zero-order valence-electron chi connectivity index (χ0n) is 12.6. The van der Waals surface area contributed by atoms with Gasteiger partial charge in [0.05, 0.1) is 6.26 Å². The van der Waals surface area contributed by atoms with Crippen LogP contribution >= 0.6 is 0 Å². The van der Waals surface area contributed by atoms with Gasteiger partial charge in [0, 0.05) is 18.0 Å². The lowest BCUT2D eigenvalue weighted by Gasteiger charge is -2.26. The van der Waals surface area contributed by atoms with Gasteiger partial charge in [0.15, 0.2) is 0 Å². The Balaban J connectivity index is 2.83. The van der Waals surface area contributed by atoms with E-state index in [1.54, 1.807) is 0 Å². The highest BCUT2D eigenvalue weighted by Crippen LogP contribution is 2.30. The molecule has 2 heteroatoms. The summed E-state index contributed by atoms with van der Waals surface area (Å²) in [7, 11) is 0. The first-order chi connectivity index (χ1) is 8.60. The van der Waals surface area contributed by atoms with Gasteiger partial charge in [-0.1, -0.05) is 34.6 Å². The Morgan fingerprint density at radius 1 is 1.22 bits per heavy atom. The highest BCUT2D eigenvalue weighted by Gasteiger charge is 2.23. The van der Waals surface area contributed by atoms with Crippen LogP contribution in [-0.2, 0) is 6.42 Å². The summed E-state index contributed by atoms with van der Waals surface area (Å²) >= 11 is 0. The summed E-state index contributed by atoms with van der Waals surface area (Å²) in [4.78, 5) is 0. The summed E-state index contributed by atoms with van der Waals surface area (Å²) in [6, 6.07) is 2.57. The molecule has 0 saturated carbocycles. The van der Waals surface area contributed by atoms with Gasteiger partial charge in [0.1, 0.15) is 5.76 Å². The van der Waals surface area contributed by atoms with E-state index in [-0.39, 0.29) is 0 Å². The zero-order chi connectivity index (χ0) is 13.5. The lowest BCUT2D eigenvalue weighted by molar-refractivity contribution is 0.324. The van der Waals surface area contributed by atoms with E-state index in [9.17, 15) is 0 Å². The summed E-state index contributed by atoms with van der Waals surface area (Å²) in [5.74, 6) is 2.52. The van der Waals surface area contributed by atoms with Crippen LogP contribution in [0.25, 0.3) is 0 Å². The van der Waals surface area contributed by atoms with Crippen molar-refractivity contribution in [3.8, 4) is 0 Å². The fourth-order valence-electron chi connectivity index (χ4n) is 2.71. The highest BCUT2D eigenvalue weighted by molar-refractivity contribution is 5.22. The van der Waals surface area contributed by atoms with Crippen LogP contribution in [0.15, 0.2) is 16.7 Å². The molecule has 0 aromatic carbocycles. The molecule has 0 aliphatic rings. The van der Waals surface area contributed by atoms with Gasteiger partial charge in [-0.25, -0.2) is 0 Å². The number of aryl methyl sites for hydroxylation is 1. The fourth-order valence-corrected chi connectivity index (χ4v) is 2.71. The zero-order valence-corrected chi connectivity index (χ0v) is 12.6. The molecule has 1 heterocycles. The monoisotopic (exact) mass is 251 g/mol. The van der Waals surface area contributed by atoms with Gasteiger partial charge in [0.25, 0.3) is 0 Å². The second-order valence-corrected chi connectivity index (χ2v) is 5.69. The van der Waals surface area contributed by atoms with Crippen LogP contribution in [0.5, 0.6) is 0 Å². The Labute approximate surface area is 112 Å². The molecule has 1 aromatic heterocycles. The smallest absolute Gasteiger partial charge is 0.108 e. The van der Waals surface area contributed by atoms with E-state index < -0.39 is 0 Å². The van der Waals surface area contributed by atoms with Crippen molar-refractivity contribution >= 4 is 0 Å². The minimum atomic E-state index is 0.432. The van der Waals surface area contributed by atoms with E-state index in [0.29, 0.717) is 12.0 Å². The third-order valence-electron chi connectivity index (χ3n) is 3.46. The Bertz CT molecular complexity index is 330. The van der Waals surface area contributed by atoms with Crippen LogP contribution in [0.2, 0.25) is 0 Å². The van der Waals surface area contributed by atoms with Gasteiger partial charge >= 0.3 is 0 Å². The molecule has 2 unspecified atom stereocenters. The lowest BCUT2D eigenvalue weighted by atomic mass is 9.87. The molecule has 1 N–H and O–H groups in total. The van der Waals surface area contributed by atoms with Crippen molar-refractivity contribution in [1.29, 1.82) is 0 Å².